The summed E-state index contributed by atoms with van der Waals surface area (Å²) in [5.41, 5.74) is 1.81. The van der Waals surface area contributed by atoms with Crippen molar-refractivity contribution in [2.24, 2.45) is 17.6 Å². The molecular weight excluding hydrogens is 1160 g/mol. The number of imide groups is 1. The van der Waals surface area contributed by atoms with Crippen LogP contribution in [0.2, 0.25) is 0 Å². The van der Waals surface area contributed by atoms with Crippen LogP contribution in [0, 0.1) is 23.7 Å². The van der Waals surface area contributed by atoms with Crippen molar-refractivity contribution < 1.29 is 79.5 Å². The summed E-state index contributed by atoms with van der Waals surface area (Å²) >= 11 is 0.761. The molecule has 458 valence electrons. The van der Waals surface area contributed by atoms with Crippen molar-refractivity contribution in [2.75, 3.05) is 32.7 Å². The fourth-order valence-electron chi connectivity index (χ4n) is 12.6. The zero-order valence-corrected chi connectivity index (χ0v) is 48.0. The molecule has 9 rings (SSSR count). The third-order valence-corrected chi connectivity index (χ3v) is 19.2. The number of nitrogens with one attached hydrogen (secondary N) is 4. The maximum atomic E-state index is 14.7. The number of benzene rings is 2. The molecule has 6 atom stereocenters. The molecule has 0 bridgehead atoms. The molecule has 28 heteroatoms. The van der Waals surface area contributed by atoms with E-state index in [-0.39, 0.29) is 103 Å². The number of nitrogens with two attached hydrogens (primary N) is 1. The monoisotopic (exact) mass is 1230 g/mol. The van der Waals surface area contributed by atoms with Gasteiger partial charge in [0.15, 0.2) is 0 Å². The SMILES string of the molecule is NC(=O)CCC(NC(=O)[C@@H]1CC[C@@H]2CCN(CC(F)(F)F)C[C@H](NC(=O)c3cc4cc(C(F)(F)P(=O)(O)O)ccc4s3)C(=O)N21)C(=O)NC(C(=O)N1CCC(CCC#Cc2cccc3c2CN(C2CCC(=O)NC2=O)C3=O)CC1)C1CCCCC1. The second-order valence-electron chi connectivity index (χ2n) is 22.9. The summed E-state index contributed by atoms with van der Waals surface area (Å²) in [4.78, 5) is 146. The van der Waals surface area contributed by atoms with Gasteiger partial charge in [-0.1, -0.05) is 43.2 Å². The van der Waals surface area contributed by atoms with E-state index >= 15 is 0 Å². The van der Waals surface area contributed by atoms with E-state index in [1.165, 1.54) is 9.80 Å². The molecule has 1 aromatic heterocycles. The van der Waals surface area contributed by atoms with Gasteiger partial charge in [0.2, 0.25) is 41.4 Å². The molecule has 8 N–H and O–H groups in total. The second-order valence-corrected chi connectivity index (χ2v) is 25.6. The van der Waals surface area contributed by atoms with Crippen LogP contribution < -0.4 is 27.0 Å². The fraction of sp³-hybridized carbons (Fsp3) is 0.561. The summed E-state index contributed by atoms with van der Waals surface area (Å²) in [5, 5.41) is 10.4. The van der Waals surface area contributed by atoms with E-state index in [0.29, 0.717) is 56.3 Å². The summed E-state index contributed by atoms with van der Waals surface area (Å²) in [7, 11) is -5.96. The summed E-state index contributed by atoms with van der Waals surface area (Å²) in [6.07, 6.45) is 1.60. The molecule has 3 unspecified atom stereocenters. The molecule has 0 spiro atoms. The zero-order chi connectivity index (χ0) is 61.1. The van der Waals surface area contributed by atoms with Crippen molar-refractivity contribution in [1.29, 1.82) is 0 Å². The first-order valence-corrected chi connectivity index (χ1v) is 31.0. The molecule has 5 fully saturated rings. The van der Waals surface area contributed by atoms with Gasteiger partial charge < -0.3 is 46.2 Å². The van der Waals surface area contributed by atoms with Gasteiger partial charge in [-0.3, -0.25) is 57.9 Å². The Bertz CT molecular complexity index is 3240. The van der Waals surface area contributed by atoms with Crippen molar-refractivity contribution in [3.8, 4) is 11.8 Å². The van der Waals surface area contributed by atoms with Crippen molar-refractivity contribution in [2.45, 2.75) is 157 Å². The van der Waals surface area contributed by atoms with Crippen LogP contribution in [0.4, 0.5) is 22.0 Å². The van der Waals surface area contributed by atoms with Crippen LogP contribution in [-0.4, -0.2) is 158 Å². The minimum Gasteiger partial charge on any atom is -0.370 e. The van der Waals surface area contributed by atoms with Crippen molar-refractivity contribution in [3.05, 3.63) is 69.6 Å². The number of alkyl halides is 5. The number of carbonyl (C=O) groups is 9. The smallest absolute Gasteiger partial charge is 0.370 e. The first-order chi connectivity index (χ1) is 40.3. The number of piperidine rings is 2. The lowest BCUT2D eigenvalue weighted by Gasteiger charge is -2.39. The Morgan fingerprint density at radius 2 is 1.62 bits per heavy atom. The Labute approximate surface area is 489 Å². The van der Waals surface area contributed by atoms with E-state index in [1.807, 2.05) is 6.07 Å². The molecule has 1 saturated carbocycles. The van der Waals surface area contributed by atoms with Gasteiger partial charge in [0.1, 0.15) is 30.2 Å². The Morgan fingerprint density at radius 3 is 2.32 bits per heavy atom. The summed E-state index contributed by atoms with van der Waals surface area (Å²) in [6.45, 7) is -1.31. The van der Waals surface area contributed by atoms with Gasteiger partial charge in [-0.25, -0.2) is 0 Å². The van der Waals surface area contributed by atoms with Gasteiger partial charge in [0.25, 0.3) is 11.8 Å². The molecule has 9 amide bonds. The molecule has 0 radical (unpaired) electrons. The van der Waals surface area contributed by atoms with E-state index < -0.39 is 110 Å². The lowest BCUT2D eigenvalue weighted by atomic mass is 9.82. The van der Waals surface area contributed by atoms with E-state index in [2.05, 4.69) is 33.1 Å². The molecule has 4 saturated heterocycles. The minimum atomic E-state index is -5.96. The normalized spacial score (nSPS) is 22.8. The number of carbonyl (C=O) groups excluding carboxylic acids is 9. The number of hydrogen-bond donors (Lipinski definition) is 7. The Morgan fingerprint density at radius 1 is 0.882 bits per heavy atom. The number of halogens is 5. The van der Waals surface area contributed by atoms with Crippen molar-refractivity contribution in [1.82, 2.24) is 40.9 Å². The first-order valence-electron chi connectivity index (χ1n) is 28.6. The van der Waals surface area contributed by atoms with Crippen LogP contribution in [0.15, 0.2) is 42.5 Å². The Hall–Kier alpha value is -6.85. The van der Waals surface area contributed by atoms with Crippen LogP contribution in [0.25, 0.3) is 10.1 Å². The van der Waals surface area contributed by atoms with Crippen molar-refractivity contribution >= 4 is 82.2 Å². The van der Waals surface area contributed by atoms with Crippen LogP contribution in [-0.2, 0) is 50.3 Å². The van der Waals surface area contributed by atoms with Crippen LogP contribution >= 0.6 is 18.9 Å². The van der Waals surface area contributed by atoms with Gasteiger partial charge in [-0.05, 0) is 117 Å². The molecule has 6 heterocycles. The standard InChI is InChI=1S/C57H67F5N9O12PS/c58-56(59,60)31-68-24-23-37-14-16-43(71(37)54(79)41(30-68)65-52(77)45-28-35-27-36(13-18-44(35)85-45)57(61,62)84(81,82)83)51(76)64-40(15-19-46(63)72)49(74)67-48(34-9-2-1-3-10-34)55(80)69-25-21-32(22-26-69)7-4-5-8-33-11-6-12-38-39(33)29-70(53(38)78)42-17-20-47(73)66-50(42)75/h6,11-13,18,27-28,32,34,37,40-43,48H,1-4,7,9-10,14-17,19-26,29-31H2,(H2,63,72)(H,64,76)(H,65,77)(H,67,74)(H,66,73,75)(H2,81,82,83)/t37-,40?,41+,42?,43+,48?/m1/s1. The number of hydrogen-bond acceptors (Lipinski definition) is 12. The van der Waals surface area contributed by atoms with E-state index in [9.17, 15) is 79.5 Å². The molecule has 85 heavy (non-hydrogen) atoms. The van der Waals surface area contributed by atoms with E-state index in [4.69, 9.17) is 5.73 Å². The van der Waals surface area contributed by atoms with Crippen molar-refractivity contribution in [3.63, 3.8) is 0 Å². The molecule has 1 aliphatic carbocycles. The van der Waals surface area contributed by atoms with E-state index in [0.717, 1.165) is 71.7 Å². The number of fused-ring (bicyclic) bond motifs is 3. The average molecular weight is 1230 g/mol. The molecule has 21 nitrogen and oxygen atoms in total. The van der Waals surface area contributed by atoms with Gasteiger partial charge in [0, 0.05) is 79.4 Å². The molecule has 3 aromatic rings. The summed E-state index contributed by atoms with van der Waals surface area (Å²) < 4.78 is 82.7. The maximum Gasteiger partial charge on any atom is 0.401 e. The zero-order valence-electron chi connectivity index (χ0n) is 46.3. The van der Waals surface area contributed by atoms with Gasteiger partial charge in [-0.2, -0.15) is 22.0 Å². The van der Waals surface area contributed by atoms with Gasteiger partial charge >= 0.3 is 19.4 Å². The van der Waals surface area contributed by atoms with Crippen LogP contribution in [0.5, 0.6) is 0 Å². The molecule has 2 aromatic carbocycles. The third-order valence-electron chi connectivity index (χ3n) is 17.1. The molecule has 6 aliphatic rings. The summed E-state index contributed by atoms with van der Waals surface area (Å²) in [6, 6.07) is 2.10. The number of thiophene rings is 1. The first kappa shape index (κ1) is 62.7. The highest BCUT2D eigenvalue weighted by Gasteiger charge is 2.51. The predicted octanol–water partition coefficient (Wildman–Crippen LogP) is 4.50. The number of amides is 9. The molecular formula is C57H67F5N9O12PS. The second kappa shape index (κ2) is 26.0. The third kappa shape index (κ3) is 14.5. The summed E-state index contributed by atoms with van der Waals surface area (Å²) in [5.74, 6) is 0.673. The van der Waals surface area contributed by atoms with Gasteiger partial charge in [-0.15, -0.1) is 11.3 Å². The largest absolute Gasteiger partial charge is 0.401 e. The Kier molecular flexibility index (Phi) is 19.2. The van der Waals surface area contributed by atoms with E-state index in [1.54, 1.807) is 17.0 Å². The maximum absolute atomic E-state index is 14.7. The lowest BCUT2D eigenvalue weighted by molar-refractivity contribution is -0.154. The highest BCUT2D eigenvalue weighted by atomic mass is 32.1. The predicted molar refractivity (Wildman–Crippen MR) is 297 cm³/mol. The highest BCUT2D eigenvalue weighted by Crippen LogP contribution is 2.59. The van der Waals surface area contributed by atoms with Gasteiger partial charge in [0.05, 0.1) is 11.4 Å². The number of primary amides is 1. The quantitative estimate of drug-likeness (QED) is 0.0425. The topological polar surface area (TPSA) is 298 Å². The Balaban J connectivity index is 0.848. The lowest BCUT2D eigenvalue weighted by Crippen LogP contribution is -2.62. The number of likely N-dealkylation sites (tertiary alicyclic amines) is 1. The van der Waals surface area contributed by atoms with Crippen LogP contribution in [0.3, 0.4) is 0 Å². The number of nitrogens with zero attached hydrogens (tertiary/aromatic N) is 4. The average Bonchev–Trinajstić information content (AvgIpc) is 3.12. The van der Waals surface area contributed by atoms with Crippen LogP contribution in [0.1, 0.15) is 139 Å². The minimum absolute atomic E-state index is 0.0000540. The highest BCUT2D eigenvalue weighted by molar-refractivity contribution is 7.52. The number of rotatable bonds is 17. The molecule has 5 aliphatic heterocycles. The fourth-order valence-corrected chi connectivity index (χ4v) is 14.1.